The summed E-state index contributed by atoms with van der Waals surface area (Å²) in [7, 11) is -1.92. The highest BCUT2D eigenvalue weighted by Crippen LogP contribution is 2.39. The molecule has 0 aliphatic heterocycles. The summed E-state index contributed by atoms with van der Waals surface area (Å²) in [6.45, 7) is 10.9. The number of rotatable bonds is 4. The molecule has 1 aromatic rings. The third kappa shape index (κ3) is 4.35. The van der Waals surface area contributed by atoms with Gasteiger partial charge in [-0.3, -0.25) is 4.79 Å². The Kier molecular flexibility index (Phi) is 4.85. The Labute approximate surface area is 124 Å². The summed E-state index contributed by atoms with van der Waals surface area (Å²) < 4.78 is 7.09. The maximum Gasteiger partial charge on any atom is 0.307 e. The second kappa shape index (κ2) is 5.67. The topological polar surface area (TPSA) is 46.5 Å². The van der Waals surface area contributed by atoms with Crippen LogP contribution in [0.3, 0.4) is 0 Å². The Balaban J connectivity index is 3.04. The number of hydrogen-bond acceptors (Lipinski definition) is 2. The summed E-state index contributed by atoms with van der Waals surface area (Å²) >= 11 is 3.47. The summed E-state index contributed by atoms with van der Waals surface area (Å²) in [6.07, 6.45) is 0.0150. The van der Waals surface area contributed by atoms with E-state index in [0.717, 1.165) is 15.8 Å². The van der Waals surface area contributed by atoms with E-state index < -0.39 is 14.3 Å². The van der Waals surface area contributed by atoms with Crippen molar-refractivity contribution in [2.24, 2.45) is 0 Å². The molecular formula is C14H21BrO3Si. The molecule has 1 aromatic carbocycles. The molecule has 5 heteroatoms. The predicted octanol–water partition coefficient (Wildman–Crippen LogP) is 4.46. The molecule has 0 aliphatic rings. The molecule has 3 nitrogen and oxygen atoms in total. The predicted molar refractivity (Wildman–Crippen MR) is 83.3 cm³/mol. The smallest absolute Gasteiger partial charge is 0.307 e. The van der Waals surface area contributed by atoms with E-state index in [4.69, 9.17) is 9.53 Å². The van der Waals surface area contributed by atoms with Gasteiger partial charge in [0.25, 0.3) is 8.32 Å². The van der Waals surface area contributed by atoms with Crippen LogP contribution in [-0.2, 0) is 11.2 Å². The molecular weight excluding hydrogens is 324 g/mol. The number of carboxylic acid groups (broad SMARTS) is 1. The Bertz CT molecular complexity index is 478. The fourth-order valence-electron chi connectivity index (χ4n) is 1.34. The van der Waals surface area contributed by atoms with Crippen LogP contribution in [-0.4, -0.2) is 19.4 Å². The van der Waals surface area contributed by atoms with Gasteiger partial charge in [-0.25, -0.2) is 0 Å². The second-order valence-electron chi connectivity index (χ2n) is 6.20. The van der Waals surface area contributed by atoms with Gasteiger partial charge in [0.2, 0.25) is 0 Å². The summed E-state index contributed by atoms with van der Waals surface area (Å²) in [6, 6.07) is 5.47. The minimum Gasteiger partial charge on any atom is -0.543 e. The molecule has 0 aromatic heterocycles. The normalized spacial score (nSPS) is 12.3. The number of benzene rings is 1. The minimum absolute atomic E-state index is 0.0150. The second-order valence-corrected chi connectivity index (χ2v) is 11.8. The summed E-state index contributed by atoms with van der Waals surface area (Å²) in [4.78, 5) is 10.8. The molecule has 0 radical (unpaired) electrons. The van der Waals surface area contributed by atoms with Gasteiger partial charge in [0.15, 0.2) is 0 Å². The molecule has 0 atom stereocenters. The number of halogens is 1. The zero-order valence-corrected chi connectivity index (χ0v) is 14.7. The average molecular weight is 345 g/mol. The van der Waals surface area contributed by atoms with E-state index >= 15 is 0 Å². The summed E-state index contributed by atoms with van der Waals surface area (Å²) in [5.74, 6) is -0.0917. The molecule has 1 N–H and O–H groups in total. The molecule has 0 aliphatic carbocycles. The maximum atomic E-state index is 10.8. The van der Waals surface area contributed by atoms with E-state index in [2.05, 4.69) is 49.8 Å². The fourth-order valence-corrected chi connectivity index (χ4v) is 2.84. The van der Waals surface area contributed by atoms with Gasteiger partial charge in [-0.15, -0.1) is 0 Å². The first kappa shape index (κ1) is 16.2. The van der Waals surface area contributed by atoms with Crippen molar-refractivity contribution in [2.75, 3.05) is 0 Å². The third-order valence-electron chi connectivity index (χ3n) is 3.52. The maximum absolute atomic E-state index is 10.8. The van der Waals surface area contributed by atoms with Crippen LogP contribution >= 0.6 is 15.9 Å². The Morgan fingerprint density at radius 1 is 1.37 bits per heavy atom. The van der Waals surface area contributed by atoms with Crippen molar-refractivity contribution in [1.82, 2.24) is 0 Å². The van der Waals surface area contributed by atoms with Crippen LogP contribution in [0.5, 0.6) is 5.75 Å². The standard InChI is InChI=1S/C14H21BrO3Si/c1-14(2,3)19(4,5)18-12-8-10(9-13(16)17)6-7-11(12)15/h6-8H,9H2,1-5H3,(H,16,17). The molecule has 0 saturated carbocycles. The average Bonchev–Trinajstić information content (AvgIpc) is 2.20. The highest BCUT2D eigenvalue weighted by molar-refractivity contribution is 9.10. The van der Waals surface area contributed by atoms with Gasteiger partial charge >= 0.3 is 5.97 Å². The van der Waals surface area contributed by atoms with Crippen LogP contribution in [0, 0.1) is 0 Å². The van der Waals surface area contributed by atoms with Crippen molar-refractivity contribution in [3.63, 3.8) is 0 Å². The first-order valence-electron chi connectivity index (χ1n) is 6.22. The van der Waals surface area contributed by atoms with E-state index in [1.807, 2.05) is 12.1 Å². The van der Waals surface area contributed by atoms with Crippen LogP contribution in [0.2, 0.25) is 18.1 Å². The van der Waals surface area contributed by atoms with Gasteiger partial charge in [0.1, 0.15) is 5.75 Å². The van der Waals surface area contributed by atoms with E-state index in [0.29, 0.717) is 0 Å². The van der Waals surface area contributed by atoms with E-state index in [9.17, 15) is 4.79 Å². The van der Waals surface area contributed by atoms with Gasteiger partial charge in [-0.2, -0.15) is 0 Å². The first-order valence-corrected chi connectivity index (χ1v) is 9.92. The van der Waals surface area contributed by atoms with Gasteiger partial charge in [-0.05, 0) is 51.8 Å². The van der Waals surface area contributed by atoms with Gasteiger partial charge in [-0.1, -0.05) is 26.8 Å². The molecule has 0 unspecified atom stereocenters. The first-order chi connectivity index (χ1) is 8.53. The molecule has 19 heavy (non-hydrogen) atoms. The molecule has 0 bridgehead atoms. The van der Waals surface area contributed by atoms with E-state index in [-0.39, 0.29) is 11.5 Å². The molecule has 0 fully saturated rings. The van der Waals surface area contributed by atoms with Crippen LogP contribution in [0.4, 0.5) is 0 Å². The number of carboxylic acids is 1. The van der Waals surface area contributed by atoms with Gasteiger partial charge in [0, 0.05) is 0 Å². The van der Waals surface area contributed by atoms with Crippen molar-refractivity contribution in [3.8, 4) is 5.75 Å². The lowest BCUT2D eigenvalue weighted by Gasteiger charge is -2.36. The lowest BCUT2D eigenvalue weighted by Crippen LogP contribution is -2.43. The molecule has 0 amide bonds. The molecule has 0 heterocycles. The lowest BCUT2D eigenvalue weighted by atomic mass is 10.1. The molecule has 106 valence electrons. The van der Waals surface area contributed by atoms with Crippen LogP contribution in [0.25, 0.3) is 0 Å². The largest absolute Gasteiger partial charge is 0.543 e. The van der Waals surface area contributed by atoms with Crippen molar-refractivity contribution >= 4 is 30.2 Å². The zero-order chi connectivity index (χ0) is 14.8. The number of aliphatic carboxylic acids is 1. The van der Waals surface area contributed by atoms with E-state index in [1.165, 1.54) is 0 Å². The fraction of sp³-hybridized carbons (Fsp3) is 0.500. The third-order valence-corrected chi connectivity index (χ3v) is 8.52. The Morgan fingerprint density at radius 3 is 2.42 bits per heavy atom. The molecule has 1 rings (SSSR count). The number of carbonyl (C=O) groups is 1. The highest BCUT2D eigenvalue weighted by atomic mass is 79.9. The highest BCUT2D eigenvalue weighted by Gasteiger charge is 2.39. The summed E-state index contributed by atoms with van der Waals surface area (Å²) in [5.41, 5.74) is 0.754. The number of hydrogen-bond donors (Lipinski definition) is 1. The van der Waals surface area contributed by atoms with Crippen molar-refractivity contribution < 1.29 is 14.3 Å². The monoisotopic (exact) mass is 344 g/mol. The van der Waals surface area contributed by atoms with Crippen LogP contribution in [0.15, 0.2) is 22.7 Å². The lowest BCUT2D eigenvalue weighted by molar-refractivity contribution is -0.136. The molecule has 0 saturated heterocycles. The van der Waals surface area contributed by atoms with Gasteiger partial charge in [0.05, 0.1) is 10.9 Å². The van der Waals surface area contributed by atoms with Crippen molar-refractivity contribution in [1.29, 1.82) is 0 Å². The summed E-state index contributed by atoms with van der Waals surface area (Å²) in [5, 5.41) is 8.95. The quantitative estimate of drug-likeness (QED) is 0.820. The molecule has 0 spiro atoms. The SMILES string of the molecule is CC(C)(C)[Si](C)(C)Oc1cc(CC(=O)O)ccc1Br. The Morgan fingerprint density at radius 2 is 1.95 bits per heavy atom. The van der Waals surface area contributed by atoms with Crippen molar-refractivity contribution in [3.05, 3.63) is 28.2 Å². The van der Waals surface area contributed by atoms with Crippen LogP contribution in [0.1, 0.15) is 26.3 Å². The van der Waals surface area contributed by atoms with Gasteiger partial charge < -0.3 is 9.53 Å². The minimum atomic E-state index is -1.92. The van der Waals surface area contributed by atoms with E-state index in [1.54, 1.807) is 6.07 Å². The van der Waals surface area contributed by atoms with Crippen molar-refractivity contribution in [2.45, 2.75) is 45.3 Å². The Hall–Kier alpha value is -0.813. The van der Waals surface area contributed by atoms with Crippen LogP contribution < -0.4 is 4.43 Å². The zero-order valence-electron chi connectivity index (χ0n) is 12.1.